The monoisotopic (exact) mass is 347 g/mol. The van der Waals surface area contributed by atoms with Crippen LogP contribution < -0.4 is 5.32 Å². The van der Waals surface area contributed by atoms with E-state index in [1.54, 1.807) is 17.9 Å². The second-order valence-electron chi connectivity index (χ2n) is 7.58. The van der Waals surface area contributed by atoms with Crippen molar-refractivity contribution in [1.82, 2.24) is 10.1 Å². The summed E-state index contributed by atoms with van der Waals surface area (Å²) >= 11 is 0. The summed E-state index contributed by atoms with van der Waals surface area (Å²) in [7, 11) is 0. The quantitative estimate of drug-likeness (QED) is 0.854. The van der Waals surface area contributed by atoms with Gasteiger partial charge in [-0.2, -0.15) is 0 Å². The van der Waals surface area contributed by atoms with E-state index < -0.39 is 0 Å². The van der Waals surface area contributed by atoms with Gasteiger partial charge in [-0.05, 0) is 38.5 Å². The van der Waals surface area contributed by atoms with E-state index in [4.69, 9.17) is 4.52 Å². The number of hydrogen-bond donors (Lipinski definition) is 1. The van der Waals surface area contributed by atoms with Crippen molar-refractivity contribution in [2.75, 3.05) is 18.4 Å². The zero-order chi connectivity index (χ0) is 17.6. The topological polar surface area (TPSA) is 75.4 Å². The molecule has 0 bridgehead atoms. The first kappa shape index (κ1) is 18.0. The Labute approximate surface area is 149 Å². The molecule has 138 valence electrons. The van der Waals surface area contributed by atoms with Gasteiger partial charge in [0.2, 0.25) is 11.8 Å². The minimum atomic E-state index is -0.199. The Bertz CT molecular complexity index is 586. The molecule has 25 heavy (non-hydrogen) atoms. The third-order valence-corrected chi connectivity index (χ3v) is 5.45. The van der Waals surface area contributed by atoms with Crippen molar-refractivity contribution in [2.24, 2.45) is 11.8 Å². The summed E-state index contributed by atoms with van der Waals surface area (Å²) in [6.45, 7) is 2.60. The summed E-state index contributed by atoms with van der Waals surface area (Å²) in [6, 6.07) is 1.68. The molecule has 3 rings (SSSR count). The summed E-state index contributed by atoms with van der Waals surface area (Å²) in [4.78, 5) is 27.1. The van der Waals surface area contributed by atoms with Crippen LogP contribution in [0.4, 0.5) is 5.82 Å². The maximum atomic E-state index is 12.9. The predicted molar refractivity (Wildman–Crippen MR) is 95.0 cm³/mol. The Morgan fingerprint density at radius 1 is 1.16 bits per heavy atom. The van der Waals surface area contributed by atoms with E-state index in [1.807, 2.05) is 0 Å². The number of aromatic nitrogens is 1. The Morgan fingerprint density at radius 2 is 1.84 bits per heavy atom. The number of rotatable bonds is 6. The van der Waals surface area contributed by atoms with E-state index in [-0.39, 0.29) is 24.3 Å². The van der Waals surface area contributed by atoms with Gasteiger partial charge < -0.3 is 14.7 Å². The molecule has 0 spiro atoms. The molecule has 1 aromatic rings. The maximum absolute atomic E-state index is 12.9. The molecular formula is C19H29N3O3. The third-order valence-electron chi connectivity index (χ3n) is 5.45. The average Bonchev–Trinajstić information content (AvgIpc) is 3.26. The smallest absolute Gasteiger partial charge is 0.245 e. The number of carbonyl (C=O) groups is 2. The van der Waals surface area contributed by atoms with Crippen LogP contribution in [-0.4, -0.2) is 35.0 Å². The van der Waals surface area contributed by atoms with Gasteiger partial charge in [0.25, 0.3) is 0 Å². The number of hydrogen-bond acceptors (Lipinski definition) is 4. The number of aryl methyl sites for hydroxylation is 1. The lowest BCUT2D eigenvalue weighted by Gasteiger charge is -2.31. The summed E-state index contributed by atoms with van der Waals surface area (Å²) in [6.07, 6.45) is 10.3. The molecule has 6 nitrogen and oxygen atoms in total. The number of nitrogens with one attached hydrogen (secondary N) is 1. The summed E-state index contributed by atoms with van der Waals surface area (Å²) in [5, 5.41) is 6.53. The van der Waals surface area contributed by atoms with Crippen molar-refractivity contribution >= 4 is 17.6 Å². The third kappa shape index (κ3) is 5.06. The van der Waals surface area contributed by atoms with Crippen molar-refractivity contribution in [3.8, 4) is 0 Å². The first-order valence-corrected chi connectivity index (χ1v) is 9.64. The van der Waals surface area contributed by atoms with Gasteiger partial charge in [0.15, 0.2) is 5.82 Å². The molecule has 0 aliphatic heterocycles. The molecular weight excluding hydrogens is 318 g/mol. The zero-order valence-corrected chi connectivity index (χ0v) is 15.1. The van der Waals surface area contributed by atoms with Gasteiger partial charge in [0.05, 0.1) is 6.54 Å². The number of amides is 2. The molecule has 1 aromatic heterocycles. The average molecular weight is 347 g/mol. The number of carbonyl (C=O) groups excluding carboxylic acids is 2. The molecule has 0 saturated heterocycles. The molecule has 2 aliphatic carbocycles. The van der Waals surface area contributed by atoms with Crippen molar-refractivity contribution in [3.05, 3.63) is 11.8 Å². The van der Waals surface area contributed by atoms with Crippen molar-refractivity contribution < 1.29 is 14.1 Å². The molecule has 2 fully saturated rings. The van der Waals surface area contributed by atoms with Gasteiger partial charge in [-0.3, -0.25) is 9.59 Å². The molecule has 2 amide bonds. The van der Waals surface area contributed by atoms with Gasteiger partial charge in [-0.25, -0.2) is 0 Å². The highest BCUT2D eigenvalue weighted by molar-refractivity contribution is 5.94. The standard InChI is InChI=1S/C19H29N3O3/c1-14-11-17(21-25-14)20-18(23)13-22(12-15-7-3-2-4-8-15)19(24)16-9-5-6-10-16/h11,15-16H,2-10,12-13H2,1H3,(H,20,21,23). The Hall–Kier alpha value is -1.85. The first-order chi connectivity index (χ1) is 12.1. The zero-order valence-electron chi connectivity index (χ0n) is 15.1. The molecule has 2 aliphatic rings. The highest BCUT2D eigenvalue weighted by Crippen LogP contribution is 2.29. The van der Waals surface area contributed by atoms with Crippen LogP contribution in [0.15, 0.2) is 10.6 Å². The first-order valence-electron chi connectivity index (χ1n) is 9.64. The molecule has 0 radical (unpaired) electrons. The van der Waals surface area contributed by atoms with Crippen molar-refractivity contribution in [3.63, 3.8) is 0 Å². The molecule has 0 atom stereocenters. The van der Waals surface area contributed by atoms with Crippen LogP contribution in [0.1, 0.15) is 63.5 Å². The van der Waals surface area contributed by atoms with Crippen LogP contribution in [0, 0.1) is 18.8 Å². The number of nitrogens with zero attached hydrogens (tertiary/aromatic N) is 2. The van der Waals surface area contributed by atoms with Gasteiger partial charge in [0, 0.05) is 18.5 Å². The number of anilines is 1. The minimum absolute atomic E-state index is 0.102. The normalized spacial score (nSPS) is 19.1. The van der Waals surface area contributed by atoms with Gasteiger partial charge in [-0.15, -0.1) is 0 Å². The van der Waals surface area contributed by atoms with Crippen LogP contribution in [0.25, 0.3) is 0 Å². The summed E-state index contributed by atoms with van der Waals surface area (Å²) in [5.41, 5.74) is 0. The fourth-order valence-electron chi connectivity index (χ4n) is 4.13. The highest BCUT2D eigenvalue weighted by atomic mass is 16.5. The van der Waals surface area contributed by atoms with Gasteiger partial charge in [-0.1, -0.05) is 37.3 Å². The Morgan fingerprint density at radius 3 is 2.48 bits per heavy atom. The lowest BCUT2D eigenvalue weighted by molar-refractivity contribution is -0.139. The summed E-state index contributed by atoms with van der Waals surface area (Å²) in [5.74, 6) is 1.65. The largest absolute Gasteiger partial charge is 0.360 e. The molecule has 0 unspecified atom stereocenters. The predicted octanol–water partition coefficient (Wildman–Crippen LogP) is 3.52. The lowest BCUT2D eigenvalue weighted by Crippen LogP contribution is -2.43. The molecule has 6 heteroatoms. The second-order valence-corrected chi connectivity index (χ2v) is 7.58. The Kier molecular flexibility index (Phi) is 6.10. The molecule has 0 aromatic carbocycles. The van der Waals surface area contributed by atoms with Crippen molar-refractivity contribution in [2.45, 2.75) is 64.7 Å². The second kappa shape index (κ2) is 8.50. The maximum Gasteiger partial charge on any atom is 0.245 e. The molecule has 1 N–H and O–H groups in total. The van der Waals surface area contributed by atoms with E-state index in [1.165, 1.54) is 32.1 Å². The fourth-order valence-corrected chi connectivity index (χ4v) is 4.13. The lowest BCUT2D eigenvalue weighted by atomic mass is 9.88. The van der Waals surface area contributed by atoms with Crippen LogP contribution >= 0.6 is 0 Å². The van der Waals surface area contributed by atoms with E-state index in [0.29, 0.717) is 24.0 Å². The van der Waals surface area contributed by atoms with E-state index in [9.17, 15) is 9.59 Å². The van der Waals surface area contributed by atoms with Crippen LogP contribution in [0.3, 0.4) is 0 Å². The van der Waals surface area contributed by atoms with E-state index in [0.717, 1.165) is 25.7 Å². The molecule has 2 saturated carbocycles. The van der Waals surface area contributed by atoms with Crippen LogP contribution in [0.2, 0.25) is 0 Å². The van der Waals surface area contributed by atoms with E-state index >= 15 is 0 Å². The van der Waals surface area contributed by atoms with Gasteiger partial charge >= 0.3 is 0 Å². The van der Waals surface area contributed by atoms with E-state index in [2.05, 4.69) is 10.5 Å². The van der Waals surface area contributed by atoms with Crippen LogP contribution in [0.5, 0.6) is 0 Å². The molecule has 1 heterocycles. The highest BCUT2D eigenvalue weighted by Gasteiger charge is 2.30. The fraction of sp³-hybridized carbons (Fsp3) is 0.737. The minimum Gasteiger partial charge on any atom is -0.360 e. The van der Waals surface area contributed by atoms with Crippen LogP contribution in [-0.2, 0) is 9.59 Å². The van der Waals surface area contributed by atoms with Gasteiger partial charge in [0.1, 0.15) is 5.76 Å². The SMILES string of the molecule is Cc1cc(NC(=O)CN(CC2CCCCC2)C(=O)C2CCCC2)no1. The summed E-state index contributed by atoms with van der Waals surface area (Å²) < 4.78 is 4.98. The van der Waals surface area contributed by atoms with Crippen molar-refractivity contribution in [1.29, 1.82) is 0 Å². The Balaban J connectivity index is 1.61.